The van der Waals surface area contributed by atoms with Gasteiger partial charge in [0.15, 0.2) is 5.82 Å². The summed E-state index contributed by atoms with van der Waals surface area (Å²) in [6.07, 6.45) is 4.02. The molecule has 0 radical (unpaired) electrons. The number of anilines is 2. The lowest BCUT2D eigenvalue weighted by Gasteiger charge is -2.37. The van der Waals surface area contributed by atoms with E-state index in [1.165, 1.54) is 11.8 Å². The van der Waals surface area contributed by atoms with E-state index in [-0.39, 0.29) is 5.75 Å². The molecule has 24 heavy (non-hydrogen) atoms. The lowest BCUT2D eigenvalue weighted by Crippen LogP contribution is -2.37. The van der Waals surface area contributed by atoms with Crippen molar-refractivity contribution in [3.63, 3.8) is 0 Å². The summed E-state index contributed by atoms with van der Waals surface area (Å²) in [4.78, 5) is 11.9. The fourth-order valence-corrected chi connectivity index (χ4v) is 3.67. The number of phenols is 1. The van der Waals surface area contributed by atoms with Crippen molar-refractivity contribution in [2.45, 2.75) is 36.6 Å². The van der Waals surface area contributed by atoms with Crippen LogP contribution in [0.2, 0.25) is 5.02 Å². The van der Waals surface area contributed by atoms with E-state index in [9.17, 15) is 5.11 Å². The topological polar surface area (TPSA) is 75.3 Å². The van der Waals surface area contributed by atoms with Crippen molar-refractivity contribution >= 4 is 35.0 Å². The zero-order valence-corrected chi connectivity index (χ0v) is 15.4. The van der Waals surface area contributed by atoms with Gasteiger partial charge in [-0.25, -0.2) is 9.97 Å². The number of halogens is 1. The molecule has 7 heteroatoms. The Bertz CT molecular complexity index is 743. The Morgan fingerprint density at radius 3 is 2.67 bits per heavy atom. The molecule has 2 heterocycles. The van der Waals surface area contributed by atoms with Gasteiger partial charge in [-0.2, -0.15) is 0 Å². The lowest BCUT2D eigenvalue weighted by atomic mass is 9.83. The Balaban J connectivity index is 1.77. The van der Waals surface area contributed by atoms with Crippen molar-refractivity contribution in [3.8, 4) is 5.75 Å². The number of nitrogens with zero attached hydrogens (tertiary/aromatic N) is 3. The highest BCUT2D eigenvalue weighted by Crippen LogP contribution is 2.37. The number of rotatable bonds is 3. The van der Waals surface area contributed by atoms with Crippen LogP contribution in [0.1, 0.15) is 26.7 Å². The summed E-state index contributed by atoms with van der Waals surface area (Å²) in [6.45, 7) is 6.52. The third kappa shape index (κ3) is 3.87. The van der Waals surface area contributed by atoms with Gasteiger partial charge < -0.3 is 15.7 Å². The van der Waals surface area contributed by atoms with Gasteiger partial charge >= 0.3 is 0 Å². The van der Waals surface area contributed by atoms with Crippen molar-refractivity contribution in [2.75, 3.05) is 23.7 Å². The van der Waals surface area contributed by atoms with Gasteiger partial charge in [-0.05, 0) is 36.5 Å². The normalized spacial score (nSPS) is 17.0. The molecule has 1 aliphatic rings. The van der Waals surface area contributed by atoms with E-state index in [1.807, 2.05) is 0 Å². The van der Waals surface area contributed by atoms with Crippen molar-refractivity contribution < 1.29 is 5.11 Å². The summed E-state index contributed by atoms with van der Waals surface area (Å²) in [5, 5.41) is 10.7. The molecule has 128 valence electrons. The molecule has 1 aliphatic heterocycles. The van der Waals surface area contributed by atoms with E-state index >= 15 is 0 Å². The van der Waals surface area contributed by atoms with Crippen LogP contribution in [0.3, 0.4) is 0 Å². The van der Waals surface area contributed by atoms with Crippen molar-refractivity contribution in [2.24, 2.45) is 5.41 Å². The molecule has 0 bridgehead atoms. The van der Waals surface area contributed by atoms with Gasteiger partial charge in [-0.15, -0.1) is 0 Å². The minimum absolute atomic E-state index is 0.154. The van der Waals surface area contributed by atoms with Gasteiger partial charge in [0.05, 0.1) is 11.2 Å². The Morgan fingerprint density at radius 1 is 1.29 bits per heavy atom. The van der Waals surface area contributed by atoms with Gasteiger partial charge in [0.25, 0.3) is 0 Å². The highest BCUT2D eigenvalue weighted by Gasteiger charge is 2.26. The van der Waals surface area contributed by atoms with Crippen LogP contribution in [0, 0.1) is 5.41 Å². The van der Waals surface area contributed by atoms with Gasteiger partial charge in [-0.3, -0.25) is 0 Å². The summed E-state index contributed by atoms with van der Waals surface area (Å²) in [6, 6.07) is 4.78. The van der Waals surface area contributed by atoms with Gasteiger partial charge in [0.1, 0.15) is 16.6 Å². The number of piperidine rings is 1. The summed E-state index contributed by atoms with van der Waals surface area (Å²) in [5.74, 6) is 1.34. The van der Waals surface area contributed by atoms with E-state index in [0.717, 1.165) is 31.7 Å². The van der Waals surface area contributed by atoms with Gasteiger partial charge in [-0.1, -0.05) is 37.2 Å². The molecule has 0 aliphatic carbocycles. The smallest absolute Gasteiger partial charge is 0.158 e. The van der Waals surface area contributed by atoms with Crippen LogP contribution in [0.4, 0.5) is 11.6 Å². The fraction of sp³-hybridized carbons (Fsp3) is 0.412. The number of phenolic OH excluding ortho intramolecular Hbond substituents is 1. The first kappa shape index (κ1) is 17.2. The van der Waals surface area contributed by atoms with Crippen molar-refractivity contribution in [3.05, 3.63) is 29.4 Å². The van der Waals surface area contributed by atoms with Crippen LogP contribution in [0.5, 0.6) is 5.75 Å². The van der Waals surface area contributed by atoms with Crippen LogP contribution >= 0.6 is 23.4 Å². The first-order valence-electron chi connectivity index (χ1n) is 7.88. The SMILES string of the molecule is CC1(C)CCN(c2cnc(Sc3cc(O)ccc3Cl)c(N)n2)CC1. The average molecular weight is 365 g/mol. The molecule has 5 nitrogen and oxygen atoms in total. The first-order valence-corrected chi connectivity index (χ1v) is 9.07. The molecule has 0 amide bonds. The third-order valence-electron chi connectivity index (χ3n) is 4.31. The van der Waals surface area contributed by atoms with Gasteiger partial charge in [0.2, 0.25) is 0 Å². The third-order valence-corrected chi connectivity index (χ3v) is 5.82. The largest absolute Gasteiger partial charge is 0.508 e. The van der Waals surface area contributed by atoms with Crippen LogP contribution < -0.4 is 10.6 Å². The van der Waals surface area contributed by atoms with E-state index in [2.05, 4.69) is 28.7 Å². The minimum atomic E-state index is 0.154. The zero-order chi connectivity index (χ0) is 17.3. The number of aromatic nitrogens is 2. The lowest BCUT2D eigenvalue weighted by molar-refractivity contribution is 0.279. The standard InChI is InChI=1S/C17H21ClN4OS/c1-17(2)5-7-22(8-6-17)14-10-20-16(15(19)21-14)24-13-9-11(23)3-4-12(13)18/h3-4,9-10,23H,5-8H2,1-2H3,(H2,19,21). The average Bonchev–Trinajstić information content (AvgIpc) is 2.53. The number of hydrogen-bond donors (Lipinski definition) is 2. The Morgan fingerprint density at radius 2 is 2.00 bits per heavy atom. The number of benzene rings is 1. The van der Waals surface area contributed by atoms with E-state index in [4.69, 9.17) is 17.3 Å². The Kier molecular flexibility index (Phi) is 4.78. The second kappa shape index (κ2) is 6.69. The predicted octanol–water partition coefficient (Wildman–Crippen LogP) is 4.20. The molecule has 3 rings (SSSR count). The Labute approximate surface area is 151 Å². The van der Waals surface area contributed by atoms with Crippen LogP contribution in [0.25, 0.3) is 0 Å². The zero-order valence-electron chi connectivity index (χ0n) is 13.8. The van der Waals surface area contributed by atoms with E-state index in [1.54, 1.807) is 24.4 Å². The number of hydrogen-bond acceptors (Lipinski definition) is 6. The Hall–Kier alpha value is -1.66. The van der Waals surface area contributed by atoms with Crippen LogP contribution in [-0.2, 0) is 0 Å². The summed E-state index contributed by atoms with van der Waals surface area (Å²) < 4.78 is 0. The quantitative estimate of drug-likeness (QED) is 0.850. The van der Waals surface area contributed by atoms with Gasteiger partial charge in [0, 0.05) is 18.0 Å². The molecular weight excluding hydrogens is 344 g/mol. The molecule has 3 N–H and O–H groups in total. The molecule has 2 aromatic rings. The maximum Gasteiger partial charge on any atom is 0.158 e. The first-order chi connectivity index (χ1) is 11.3. The van der Waals surface area contributed by atoms with Crippen molar-refractivity contribution in [1.82, 2.24) is 9.97 Å². The molecule has 1 saturated heterocycles. The molecule has 0 atom stereocenters. The number of nitrogen functional groups attached to an aromatic ring is 1. The molecule has 1 fully saturated rings. The van der Waals surface area contributed by atoms with E-state index < -0.39 is 0 Å². The number of nitrogens with two attached hydrogens (primary N) is 1. The highest BCUT2D eigenvalue weighted by atomic mass is 35.5. The summed E-state index contributed by atoms with van der Waals surface area (Å²) in [5.41, 5.74) is 6.48. The van der Waals surface area contributed by atoms with Crippen LogP contribution in [-0.4, -0.2) is 28.2 Å². The molecule has 0 saturated carbocycles. The molecule has 0 spiro atoms. The second-order valence-corrected chi connectivity index (χ2v) is 8.22. The van der Waals surface area contributed by atoms with Crippen LogP contribution in [0.15, 0.2) is 34.3 Å². The maximum atomic E-state index is 9.60. The van der Waals surface area contributed by atoms with Crippen molar-refractivity contribution in [1.29, 1.82) is 0 Å². The minimum Gasteiger partial charge on any atom is -0.508 e. The maximum absolute atomic E-state index is 9.60. The number of aromatic hydroxyl groups is 1. The highest BCUT2D eigenvalue weighted by molar-refractivity contribution is 7.99. The molecule has 1 aromatic heterocycles. The molecular formula is C17H21ClN4OS. The predicted molar refractivity (Wildman–Crippen MR) is 98.9 cm³/mol. The molecule has 0 unspecified atom stereocenters. The fourth-order valence-electron chi connectivity index (χ4n) is 2.63. The monoisotopic (exact) mass is 364 g/mol. The van der Waals surface area contributed by atoms with E-state index in [0.29, 0.717) is 26.2 Å². The second-order valence-electron chi connectivity index (χ2n) is 6.79. The summed E-state index contributed by atoms with van der Waals surface area (Å²) >= 11 is 7.45. The molecule has 1 aromatic carbocycles. The summed E-state index contributed by atoms with van der Waals surface area (Å²) in [7, 11) is 0.